The van der Waals surface area contributed by atoms with Gasteiger partial charge in [0.25, 0.3) is 0 Å². The number of aromatic nitrogens is 2. The number of hydrogen-bond acceptors (Lipinski definition) is 4. The second-order valence-electron chi connectivity index (χ2n) is 4.09. The average Bonchev–Trinajstić information content (AvgIpc) is 2.42. The lowest BCUT2D eigenvalue weighted by Gasteiger charge is -2.17. The Kier molecular flexibility index (Phi) is 4.87. The lowest BCUT2D eigenvalue weighted by Crippen LogP contribution is -2.18. The molecule has 1 unspecified atom stereocenters. The summed E-state index contributed by atoms with van der Waals surface area (Å²) in [4.78, 5) is 8.61. The van der Waals surface area contributed by atoms with Gasteiger partial charge in [0.15, 0.2) is 0 Å². The summed E-state index contributed by atoms with van der Waals surface area (Å²) in [5.41, 5.74) is 0.950. The van der Waals surface area contributed by atoms with Crippen molar-refractivity contribution < 1.29 is 4.39 Å². The molecule has 1 heterocycles. The van der Waals surface area contributed by atoms with Gasteiger partial charge < -0.3 is 5.32 Å². The van der Waals surface area contributed by atoms with Crippen molar-refractivity contribution in [3.63, 3.8) is 0 Å². The van der Waals surface area contributed by atoms with E-state index >= 15 is 0 Å². The minimum Gasteiger partial charge on any atom is -0.310 e. The highest BCUT2D eigenvalue weighted by Crippen LogP contribution is 2.34. The van der Waals surface area contributed by atoms with Gasteiger partial charge in [0, 0.05) is 12.2 Å². The van der Waals surface area contributed by atoms with Gasteiger partial charge in [-0.05, 0) is 31.2 Å². The van der Waals surface area contributed by atoms with Crippen molar-refractivity contribution >= 4 is 11.8 Å². The van der Waals surface area contributed by atoms with E-state index in [9.17, 15) is 4.39 Å². The van der Waals surface area contributed by atoms with Crippen LogP contribution in [0.25, 0.3) is 0 Å². The SMILES string of the molecule is CCNC(C)c1cccc(F)c1Sc1ccncn1. The van der Waals surface area contributed by atoms with Crippen LogP contribution in [0.5, 0.6) is 0 Å². The molecule has 0 fully saturated rings. The fraction of sp³-hybridized carbons (Fsp3) is 0.286. The van der Waals surface area contributed by atoms with E-state index in [1.807, 2.05) is 19.9 Å². The van der Waals surface area contributed by atoms with Crippen LogP contribution in [0.2, 0.25) is 0 Å². The van der Waals surface area contributed by atoms with Crippen LogP contribution in [0.15, 0.2) is 46.7 Å². The van der Waals surface area contributed by atoms with Gasteiger partial charge in [-0.15, -0.1) is 0 Å². The molecule has 2 rings (SSSR count). The molecular weight excluding hydrogens is 261 g/mol. The first kappa shape index (κ1) is 14.0. The van der Waals surface area contributed by atoms with Crippen molar-refractivity contribution in [2.75, 3.05) is 6.54 Å². The summed E-state index contributed by atoms with van der Waals surface area (Å²) in [6.07, 6.45) is 3.13. The number of rotatable bonds is 5. The zero-order valence-electron chi connectivity index (χ0n) is 10.9. The van der Waals surface area contributed by atoms with Crippen LogP contribution in [0, 0.1) is 5.82 Å². The topological polar surface area (TPSA) is 37.8 Å². The van der Waals surface area contributed by atoms with Gasteiger partial charge in [0.1, 0.15) is 17.2 Å². The maximum atomic E-state index is 14.0. The molecule has 0 radical (unpaired) electrons. The zero-order valence-corrected chi connectivity index (χ0v) is 11.7. The molecule has 0 spiro atoms. The van der Waals surface area contributed by atoms with E-state index in [-0.39, 0.29) is 11.9 Å². The number of nitrogens with zero attached hydrogens (tertiary/aromatic N) is 2. The normalized spacial score (nSPS) is 12.4. The largest absolute Gasteiger partial charge is 0.310 e. The van der Waals surface area contributed by atoms with E-state index < -0.39 is 0 Å². The molecule has 1 aromatic heterocycles. The van der Waals surface area contributed by atoms with E-state index in [2.05, 4.69) is 15.3 Å². The summed E-state index contributed by atoms with van der Waals surface area (Å²) in [7, 11) is 0. The average molecular weight is 277 g/mol. The molecule has 1 N–H and O–H groups in total. The maximum Gasteiger partial charge on any atom is 0.137 e. The summed E-state index contributed by atoms with van der Waals surface area (Å²) in [6.45, 7) is 4.91. The Labute approximate surface area is 116 Å². The molecule has 2 aromatic rings. The highest BCUT2D eigenvalue weighted by molar-refractivity contribution is 7.99. The standard InChI is InChI=1S/C14H16FN3S/c1-3-17-10(2)11-5-4-6-12(15)14(11)19-13-7-8-16-9-18-13/h4-10,17H,3H2,1-2H3. The van der Waals surface area contributed by atoms with Crippen molar-refractivity contribution in [2.24, 2.45) is 0 Å². The van der Waals surface area contributed by atoms with Crippen LogP contribution in [-0.4, -0.2) is 16.5 Å². The number of benzene rings is 1. The van der Waals surface area contributed by atoms with E-state index in [1.165, 1.54) is 24.2 Å². The summed E-state index contributed by atoms with van der Waals surface area (Å²) >= 11 is 1.33. The summed E-state index contributed by atoms with van der Waals surface area (Å²) in [6, 6.07) is 7.04. The Hall–Kier alpha value is -1.46. The highest BCUT2D eigenvalue weighted by Gasteiger charge is 2.15. The zero-order chi connectivity index (χ0) is 13.7. The quantitative estimate of drug-likeness (QED) is 0.850. The molecule has 0 saturated carbocycles. The monoisotopic (exact) mass is 277 g/mol. The third kappa shape index (κ3) is 3.52. The predicted octanol–water partition coefficient (Wildman–Crippen LogP) is 3.44. The summed E-state index contributed by atoms with van der Waals surface area (Å²) in [5.74, 6) is -0.217. The molecule has 0 amide bonds. The molecule has 19 heavy (non-hydrogen) atoms. The number of hydrogen-bond donors (Lipinski definition) is 1. The molecule has 0 saturated heterocycles. The first-order valence-corrected chi connectivity index (χ1v) is 6.99. The lowest BCUT2D eigenvalue weighted by atomic mass is 10.1. The van der Waals surface area contributed by atoms with Gasteiger partial charge in [0.2, 0.25) is 0 Å². The predicted molar refractivity (Wildman–Crippen MR) is 74.6 cm³/mol. The Balaban J connectivity index is 2.33. The van der Waals surface area contributed by atoms with Crippen LogP contribution < -0.4 is 5.32 Å². The lowest BCUT2D eigenvalue weighted by molar-refractivity contribution is 0.557. The van der Waals surface area contributed by atoms with E-state index in [4.69, 9.17) is 0 Å². The minimum absolute atomic E-state index is 0.102. The molecule has 5 heteroatoms. The smallest absolute Gasteiger partial charge is 0.137 e. The van der Waals surface area contributed by atoms with Crippen molar-refractivity contribution in [3.8, 4) is 0 Å². The molecule has 100 valence electrons. The van der Waals surface area contributed by atoms with Crippen molar-refractivity contribution in [1.82, 2.24) is 15.3 Å². The Bertz CT molecular complexity index is 533. The maximum absolute atomic E-state index is 14.0. The molecule has 3 nitrogen and oxygen atoms in total. The molecule has 0 aliphatic heterocycles. The third-order valence-corrected chi connectivity index (χ3v) is 3.82. The molecule has 0 bridgehead atoms. The van der Waals surface area contributed by atoms with E-state index in [0.717, 1.165) is 17.1 Å². The van der Waals surface area contributed by atoms with Crippen LogP contribution in [0.3, 0.4) is 0 Å². The second-order valence-corrected chi connectivity index (χ2v) is 5.12. The van der Waals surface area contributed by atoms with Crippen molar-refractivity contribution in [3.05, 3.63) is 48.2 Å². The Morgan fingerprint density at radius 2 is 2.21 bits per heavy atom. The molecule has 0 aliphatic rings. The Morgan fingerprint density at radius 3 is 2.89 bits per heavy atom. The second kappa shape index (κ2) is 6.63. The first-order chi connectivity index (χ1) is 9.22. The van der Waals surface area contributed by atoms with Crippen LogP contribution >= 0.6 is 11.8 Å². The highest BCUT2D eigenvalue weighted by atomic mass is 32.2. The van der Waals surface area contributed by atoms with Crippen molar-refractivity contribution in [1.29, 1.82) is 0 Å². The number of nitrogens with one attached hydrogen (secondary N) is 1. The van der Waals surface area contributed by atoms with Crippen LogP contribution in [0.1, 0.15) is 25.5 Å². The van der Waals surface area contributed by atoms with Gasteiger partial charge in [-0.2, -0.15) is 0 Å². The molecule has 1 aromatic carbocycles. The van der Waals surface area contributed by atoms with Gasteiger partial charge in [0.05, 0.1) is 4.90 Å². The fourth-order valence-corrected chi connectivity index (χ4v) is 2.80. The third-order valence-electron chi connectivity index (χ3n) is 2.74. The van der Waals surface area contributed by atoms with E-state index in [1.54, 1.807) is 18.3 Å². The first-order valence-electron chi connectivity index (χ1n) is 6.18. The molecular formula is C14H16FN3S. The van der Waals surface area contributed by atoms with E-state index in [0.29, 0.717) is 4.90 Å². The summed E-state index contributed by atoms with van der Waals surface area (Å²) in [5, 5.41) is 4.04. The van der Waals surface area contributed by atoms with Gasteiger partial charge in [-0.3, -0.25) is 0 Å². The molecule has 0 aliphatic carbocycles. The number of halogens is 1. The van der Waals surface area contributed by atoms with Gasteiger partial charge in [-0.1, -0.05) is 30.8 Å². The Morgan fingerprint density at radius 1 is 1.37 bits per heavy atom. The van der Waals surface area contributed by atoms with Crippen molar-refractivity contribution in [2.45, 2.75) is 29.8 Å². The van der Waals surface area contributed by atoms with Gasteiger partial charge >= 0.3 is 0 Å². The minimum atomic E-state index is -0.217. The summed E-state index contributed by atoms with van der Waals surface area (Å²) < 4.78 is 14.0. The van der Waals surface area contributed by atoms with Crippen LogP contribution in [0.4, 0.5) is 4.39 Å². The van der Waals surface area contributed by atoms with Crippen LogP contribution in [-0.2, 0) is 0 Å². The fourth-order valence-electron chi connectivity index (χ4n) is 1.83. The molecule has 1 atom stereocenters. The van der Waals surface area contributed by atoms with Gasteiger partial charge in [-0.25, -0.2) is 14.4 Å².